The summed E-state index contributed by atoms with van der Waals surface area (Å²) in [6.45, 7) is 0. The SMILES string of the molecule is O=S(=O)([O-])[O-].[O]=[V+2].c1ccc(-c2ccccn2)nc1.c1ccc(-c2ccccn2)nc1. The van der Waals surface area contributed by atoms with Crippen LogP contribution in [0.1, 0.15) is 0 Å². The first kappa shape index (κ1) is 25.9. The zero-order valence-corrected chi connectivity index (χ0v) is 18.1. The van der Waals surface area contributed by atoms with E-state index < -0.39 is 10.4 Å². The molecule has 0 saturated heterocycles. The molecule has 0 atom stereocenters. The van der Waals surface area contributed by atoms with Gasteiger partial charge in [-0.25, -0.2) is 0 Å². The van der Waals surface area contributed by atoms with Crippen molar-refractivity contribution in [2.75, 3.05) is 0 Å². The number of aromatic nitrogens is 4. The van der Waals surface area contributed by atoms with Gasteiger partial charge in [0.15, 0.2) is 0 Å². The van der Waals surface area contributed by atoms with Gasteiger partial charge in [-0.05, 0) is 48.5 Å². The Bertz CT molecular complexity index is 933. The molecule has 0 unspecified atom stereocenters. The topological polar surface area (TPSA) is 149 Å². The maximum absolute atomic E-state index is 8.52. The Balaban J connectivity index is 0.000000241. The summed E-state index contributed by atoms with van der Waals surface area (Å²) < 4.78 is 42.3. The molecule has 9 nitrogen and oxygen atoms in total. The van der Waals surface area contributed by atoms with Gasteiger partial charge in [0.2, 0.25) is 0 Å². The van der Waals surface area contributed by atoms with Gasteiger partial charge < -0.3 is 9.11 Å². The van der Waals surface area contributed by atoms with E-state index in [4.69, 9.17) is 21.2 Å². The van der Waals surface area contributed by atoms with Gasteiger partial charge in [-0.1, -0.05) is 24.3 Å². The number of rotatable bonds is 2. The van der Waals surface area contributed by atoms with Crippen molar-refractivity contribution in [2.45, 2.75) is 0 Å². The summed E-state index contributed by atoms with van der Waals surface area (Å²) in [5, 5.41) is 0. The molecule has 11 heteroatoms. The van der Waals surface area contributed by atoms with Crippen LogP contribution in [0, 0.1) is 0 Å². The van der Waals surface area contributed by atoms with Crippen LogP contribution in [0.4, 0.5) is 0 Å². The number of hydrogen-bond donors (Lipinski definition) is 0. The molecule has 4 rings (SSSR count). The van der Waals surface area contributed by atoms with E-state index in [1.807, 2.05) is 72.8 Å². The van der Waals surface area contributed by atoms with Crippen molar-refractivity contribution >= 4 is 10.4 Å². The van der Waals surface area contributed by atoms with Crippen molar-refractivity contribution in [3.63, 3.8) is 0 Å². The maximum atomic E-state index is 8.52. The zero-order valence-electron chi connectivity index (χ0n) is 15.9. The third-order valence-electron chi connectivity index (χ3n) is 3.18. The molecule has 0 N–H and O–H groups in total. The van der Waals surface area contributed by atoms with Gasteiger partial charge in [-0.2, -0.15) is 0 Å². The molecule has 4 heterocycles. The molecule has 0 saturated carbocycles. The van der Waals surface area contributed by atoms with Gasteiger partial charge in [0.05, 0.1) is 22.8 Å². The summed E-state index contributed by atoms with van der Waals surface area (Å²) >= 11 is 1.06. The Morgan fingerprint density at radius 2 is 0.710 bits per heavy atom. The molecule has 0 spiro atoms. The Morgan fingerprint density at radius 1 is 0.516 bits per heavy atom. The van der Waals surface area contributed by atoms with Crippen LogP contribution in [0.15, 0.2) is 97.6 Å². The molecule has 0 amide bonds. The fourth-order valence-corrected chi connectivity index (χ4v) is 2.06. The van der Waals surface area contributed by atoms with Crippen LogP contribution in [0.3, 0.4) is 0 Å². The minimum atomic E-state index is -5.17. The van der Waals surface area contributed by atoms with E-state index in [2.05, 4.69) is 19.9 Å². The van der Waals surface area contributed by atoms with Crippen molar-refractivity contribution < 1.29 is 38.6 Å². The molecule has 4 aromatic heterocycles. The first-order valence-electron chi connectivity index (χ1n) is 8.43. The Morgan fingerprint density at radius 3 is 0.839 bits per heavy atom. The molecular weight excluding hydrogens is 459 g/mol. The van der Waals surface area contributed by atoms with E-state index in [1.165, 1.54) is 0 Å². The standard InChI is InChI=1S/2C10H8N2.H2O4S.O.V/c2*1-3-7-11-9(5-1)10-6-2-4-8-12-10;1-5(2,3)4;;/h2*1-8H;(H2,1,2,3,4);;/q;;;;+2/p-2. The summed E-state index contributed by atoms with van der Waals surface area (Å²) in [4.78, 5) is 16.7. The molecule has 0 aliphatic rings. The molecule has 0 fully saturated rings. The van der Waals surface area contributed by atoms with Crippen molar-refractivity contribution in [1.29, 1.82) is 0 Å². The number of pyridine rings is 4. The van der Waals surface area contributed by atoms with Gasteiger partial charge in [-0.3, -0.25) is 28.4 Å². The van der Waals surface area contributed by atoms with Crippen LogP contribution in [0.5, 0.6) is 0 Å². The monoisotopic (exact) mass is 475 g/mol. The quantitative estimate of drug-likeness (QED) is 0.315. The predicted molar refractivity (Wildman–Crippen MR) is 106 cm³/mol. The molecule has 0 aliphatic heterocycles. The van der Waals surface area contributed by atoms with Crippen LogP contribution in [-0.4, -0.2) is 37.5 Å². The molecule has 0 aliphatic carbocycles. The summed E-state index contributed by atoms with van der Waals surface area (Å²) in [7, 11) is -5.17. The minimum Gasteiger partial charge on any atom is -0.255 e. The van der Waals surface area contributed by atoms with Crippen LogP contribution in [0.25, 0.3) is 22.8 Å². The van der Waals surface area contributed by atoms with Crippen LogP contribution in [-0.2, 0) is 31.4 Å². The predicted octanol–water partition coefficient (Wildman–Crippen LogP) is 2.83. The van der Waals surface area contributed by atoms with Crippen LogP contribution in [0.2, 0.25) is 0 Å². The van der Waals surface area contributed by atoms with E-state index in [0.717, 1.165) is 40.1 Å². The molecule has 0 aromatic carbocycles. The second kappa shape index (κ2) is 14.8. The maximum Gasteiger partial charge on any atom is 0.0886 e. The molecule has 157 valence electrons. The summed E-state index contributed by atoms with van der Waals surface area (Å²) in [6, 6.07) is 23.2. The van der Waals surface area contributed by atoms with E-state index in [1.54, 1.807) is 24.8 Å². The zero-order chi connectivity index (χ0) is 23.0. The van der Waals surface area contributed by atoms with Crippen molar-refractivity contribution in [3.05, 3.63) is 97.6 Å². The largest absolute Gasteiger partial charge is 0.255 e. The van der Waals surface area contributed by atoms with Gasteiger partial charge in [-0.15, -0.1) is 0 Å². The number of nitrogens with zero attached hydrogens (tertiary/aromatic N) is 4. The Labute approximate surface area is 189 Å². The first-order chi connectivity index (χ1) is 14.9. The normalized spacial score (nSPS) is 9.55. The number of hydrogen-bond acceptors (Lipinski definition) is 9. The fraction of sp³-hybridized carbons (Fsp3) is 0. The van der Waals surface area contributed by atoms with E-state index >= 15 is 0 Å². The van der Waals surface area contributed by atoms with Gasteiger partial charge in [0.1, 0.15) is 0 Å². The minimum absolute atomic E-state index is 0.915. The van der Waals surface area contributed by atoms with Crippen molar-refractivity contribution in [3.8, 4) is 22.8 Å². The molecule has 0 radical (unpaired) electrons. The molecule has 4 aromatic rings. The van der Waals surface area contributed by atoms with Crippen molar-refractivity contribution in [2.24, 2.45) is 0 Å². The van der Waals surface area contributed by atoms with Crippen LogP contribution >= 0.6 is 0 Å². The second-order valence-electron chi connectivity index (χ2n) is 5.27. The third kappa shape index (κ3) is 12.2. The summed E-state index contributed by atoms with van der Waals surface area (Å²) in [5.41, 5.74) is 3.66. The summed E-state index contributed by atoms with van der Waals surface area (Å²) in [6.07, 6.45) is 7.07. The van der Waals surface area contributed by atoms with Crippen LogP contribution < -0.4 is 0 Å². The molecule has 0 bridgehead atoms. The Hall–Kier alpha value is -3.15. The molecular formula is C20H16N4O5SV. The van der Waals surface area contributed by atoms with E-state index in [9.17, 15) is 0 Å². The summed E-state index contributed by atoms with van der Waals surface area (Å²) in [5.74, 6) is 0. The van der Waals surface area contributed by atoms with Gasteiger partial charge in [0, 0.05) is 35.2 Å². The fourth-order valence-electron chi connectivity index (χ4n) is 2.06. The first-order valence-corrected chi connectivity index (χ1v) is 10.3. The Kier molecular flexibility index (Phi) is 12.3. The average Bonchev–Trinajstić information content (AvgIpc) is 2.82. The second-order valence-corrected chi connectivity index (χ2v) is 6.08. The smallest absolute Gasteiger partial charge is 0.0886 e. The van der Waals surface area contributed by atoms with E-state index in [0.29, 0.717) is 0 Å². The van der Waals surface area contributed by atoms with E-state index in [-0.39, 0.29) is 0 Å². The van der Waals surface area contributed by atoms with Crippen molar-refractivity contribution in [1.82, 2.24) is 19.9 Å². The van der Waals surface area contributed by atoms with Gasteiger partial charge in [0.25, 0.3) is 0 Å². The van der Waals surface area contributed by atoms with Gasteiger partial charge >= 0.3 is 21.0 Å². The third-order valence-corrected chi connectivity index (χ3v) is 3.18. The molecule has 31 heavy (non-hydrogen) atoms. The average molecular weight is 475 g/mol.